The first-order valence-corrected chi connectivity index (χ1v) is 15.3. The molecule has 0 aliphatic carbocycles. The lowest BCUT2D eigenvalue weighted by molar-refractivity contribution is -0.0137. The Morgan fingerprint density at radius 3 is 2.62 bits per heavy atom. The van der Waals surface area contributed by atoms with E-state index < -0.39 is 16.3 Å². The number of carbonyl (C=O) groups is 1. The van der Waals surface area contributed by atoms with E-state index in [9.17, 15) is 13.2 Å². The number of hydrogen-bond acceptors (Lipinski definition) is 10. The highest BCUT2D eigenvalue weighted by atomic mass is 32.2. The molecule has 1 saturated heterocycles. The summed E-state index contributed by atoms with van der Waals surface area (Å²) >= 11 is 0. The minimum Gasteiger partial charge on any atom is -0.381 e. The third-order valence-electron chi connectivity index (χ3n) is 6.96. The monoisotopic (exact) mass is 587 g/mol. The molecule has 1 aliphatic heterocycles. The molecule has 1 atom stereocenters. The molecular formula is C30H33N7O4S. The van der Waals surface area contributed by atoms with Crippen LogP contribution >= 0.6 is 0 Å². The Morgan fingerprint density at radius 2 is 1.88 bits per heavy atom. The molecule has 0 bridgehead atoms. The van der Waals surface area contributed by atoms with Gasteiger partial charge in [-0.1, -0.05) is 18.2 Å². The fourth-order valence-electron chi connectivity index (χ4n) is 4.56. The molecule has 4 aromatic rings. The van der Waals surface area contributed by atoms with E-state index in [1.54, 1.807) is 47.6 Å². The van der Waals surface area contributed by atoms with Crippen LogP contribution in [0.25, 0.3) is 11.3 Å². The molecule has 0 saturated carbocycles. The van der Waals surface area contributed by atoms with Crippen LogP contribution in [0.1, 0.15) is 21.5 Å². The largest absolute Gasteiger partial charge is 0.381 e. The van der Waals surface area contributed by atoms with Crippen molar-refractivity contribution >= 4 is 33.3 Å². The third kappa shape index (κ3) is 7.46. The first kappa shape index (κ1) is 29.1. The van der Waals surface area contributed by atoms with Crippen LogP contribution < -0.4 is 10.6 Å². The van der Waals surface area contributed by atoms with Crippen LogP contribution in [0.4, 0.5) is 17.3 Å². The SMILES string of the molecule is Cc1ccc(NCc2ccc(C(=O)N3CCN(C)C(OS(C)(=O)=O)C3)cc2)cc1Nc1nccc(-c2cccnc2)n1. The fourth-order valence-corrected chi connectivity index (χ4v) is 5.18. The Bertz CT molecular complexity index is 1650. The van der Waals surface area contributed by atoms with Crippen LogP contribution in [0.3, 0.4) is 0 Å². The van der Waals surface area contributed by atoms with Gasteiger partial charge in [-0.05, 0) is 67.6 Å². The van der Waals surface area contributed by atoms with Gasteiger partial charge < -0.3 is 15.5 Å². The van der Waals surface area contributed by atoms with Crippen LogP contribution in [0, 0.1) is 6.92 Å². The van der Waals surface area contributed by atoms with Crippen molar-refractivity contribution in [2.45, 2.75) is 19.7 Å². The summed E-state index contributed by atoms with van der Waals surface area (Å²) in [7, 11) is -1.86. The van der Waals surface area contributed by atoms with E-state index in [1.165, 1.54) is 0 Å². The lowest BCUT2D eigenvalue weighted by atomic mass is 10.1. The second-order valence-corrected chi connectivity index (χ2v) is 11.8. The molecule has 5 rings (SSSR count). The van der Waals surface area contributed by atoms with Crippen molar-refractivity contribution in [3.63, 3.8) is 0 Å². The van der Waals surface area contributed by atoms with E-state index in [2.05, 4.69) is 25.6 Å². The molecule has 1 aliphatic rings. The van der Waals surface area contributed by atoms with E-state index in [-0.39, 0.29) is 12.5 Å². The minimum absolute atomic E-state index is 0.159. The maximum atomic E-state index is 13.1. The van der Waals surface area contributed by atoms with Crippen LogP contribution in [-0.4, -0.2) is 78.2 Å². The van der Waals surface area contributed by atoms with Crippen molar-refractivity contribution in [3.8, 4) is 11.3 Å². The van der Waals surface area contributed by atoms with Gasteiger partial charge in [0.1, 0.15) is 6.23 Å². The summed E-state index contributed by atoms with van der Waals surface area (Å²) in [5.74, 6) is 0.334. The summed E-state index contributed by atoms with van der Waals surface area (Å²) in [4.78, 5) is 29.7. The number of hydrogen-bond donors (Lipinski definition) is 2. The molecule has 11 nitrogen and oxygen atoms in total. The van der Waals surface area contributed by atoms with Gasteiger partial charge in [-0.15, -0.1) is 0 Å². The second kappa shape index (κ2) is 12.6. The van der Waals surface area contributed by atoms with Crippen LogP contribution in [-0.2, 0) is 20.8 Å². The molecule has 1 unspecified atom stereocenters. The maximum absolute atomic E-state index is 13.1. The number of pyridine rings is 1. The topological polar surface area (TPSA) is 130 Å². The predicted octanol–water partition coefficient (Wildman–Crippen LogP) is 3.89. The third-order valence-corrected chi connectivity index (χ3v) is 7.53. The number of rotatable bonds is 9. The van der Waals surface area contributed by atoms with Gasteiger partial charge in [0.05, 0.1) is 18.5 Å². The molecule has 1 amide bonds. The molecular weight excluding hydrogens is 554 g/mol. The molecule has 2 aromatic heterocycles. The lowest BCUT2D eigenvalue weighted by Gasteiger charge is -2.38. The molecule has 2 N–H and O–H groups in total. The first-order chi connectivity index (χ1) is 20.1. The van der Waals surface area contributed by atoms with Gasteiger partial charge in [0.2, 0.25) is 5.95 Å². The van der Waals surface area contributed by atoms with Crippen molar-refractivity contribution < 1.29 is 17.4 Å². The fraction of sp³-hybridized carbons (Fsp3) is 0.267. The standard InChI is InChI=1S/C30H33N7O4S/c1-21-6-11-25(17-27(21)35-30-32-14-12-26(34-30)24-5-4-13-31-19-24)33-18-22-7-9-23(10-8-22)29(38)37-16-15-36(2)28(20-37)41-42(3,39)40/h4-14,17,19,28,33H,15-16,18,20H2,1-3H3,(H,32,34,35). The van der Waals surface area contributed by atoms with Gasteiger partial charge in [-0.25, -0.2) is 14.2 Å². The highest BCUT2D eigenvalue weighted by molar-refractivity contribution is 7.86. The zero-order valence-electron chi connectivity index (χ0n) is 23.7. The summed E-state index contributed by atoms with van der Waals surface area (Å²) in [6, 6.07) is 19.1. The average Bonchev–Trinajstić information content (AvgIpc) is 2.98. The van der Waals surface area contributed by atoms with Gasteiger partial charge in [0.25, 0.3) is 16.0 Å². The zero-order chi connectivity index (χ0) is 29.7. The zero-order valence-corrected chi connectivity index (χ0v) is 24.5. The predicted molar refractivity (Wildman–Crippen MR) is 162 cm³/mol. The minimum atomic E-state index is -3.64. The van der Waals surface area contributed by atoms with Crippen molar-refractivity contribution in [1.82, 2.24) is 24.8 Å². The van der Waals surface area contributed by atoms with Gasteiger partial charge in [-0.2, -0.15) is 8.42 Å². The highest BCUT2D eigenvalue weighted by Gasteiger charge is 2.30. The number of nitrogens with one attached hydrogen (secondary N) is 2. The van der Waals surface area contributed by atoms with E-state index >= 15 is 0 Å². The number of likely N-dealkylation sites (N-methyl/N-ethyl adjacent to an activating group) is 1. The maximum Gasteiger partial charge on any atom is 0.265 e. The number of piperazine rings is 1. The Hall–Kier alpha value is -4.39. The quantitative estimate of drug-likeness (QED) is 0.278. The Labute approximate surface area is 245 Å². The molecule has 42 heavy (non-hydrogen) atoms. The summed E-state index contributed by atoms with van der Waals surface area (Å²) in [6.45, 7) is 3.76. The van der Waals surface area contributed by atoms with Crippen LogP contribution in [0.15, 0.2) is 79.3 Å². The average molecular weight is 588 g/mol. The lowest BCUT2D eigenvalue weighted by Crippen LogP contribution is -2.54. The highest BCUT2D eigenvalue weighted by Crippen LogP contribution is 2.25. The molecule has 3 heterocycles. The van der Waals surface area contributed by atoms with Crippen molar-refractivity contribution in [1.29, 1.82) is 0 Å². The number of anilines is 3. The second-order valence-electron chi connectivity index (χ2n) is 10.2. The Kier molecular flexibility index (Phi) is 8.76. The summed E-state index contributed by atoms with van der Waals surface area (Å²) in [5, 5.41) is 6.75. The molecule has 0 spiro atoms. The van der Waals surface area contributed by atoms with Gasteiger partial charge in [-0.3, -0.25) is 14.7 Å². The van der Waals surface area contributed by atoms with E-state index in [0.717, 1.165) is 40.0 Å². The van der Waals surface area contributed by atoms with Gasteiger partial charge in [0, 0.05) is 60.7 Å². The number of benzene rings is 2. The summed E-state index contributed by atoms with van der Waals surface area (Å²) in [6.07, 6.45) is 5.52. The molecule has 1 fully saturated rings. The van der Waals surface area contributed by atoms with Crippen molar-refractivity contribution in [3.05, 3.63) is 95.9 Å². The molecule has 2 aromatic carbocycles. The summed E-state index contributed by atoms with van der Waals surface area (Å²) < 4.78 is 28.4. The number of carbonyl (C=O) groups excluding carboxylic acids is 1. The molecule has 0 radical (unpaired) electrons. The number of nitrogens with zero attached hydrogens (tertiary/aromatic N) is 5. The van der Waals surface area contributed by atoms with Gasteiger partial charge >= 0.3 is 0 Å². The number of amides is 1. The van der Waals surface area contributed by atoms with E-state index in [4.69, 9.17) is 4.18 Å². The van der Waals surface area contributed by atoms with Crippen molar-refractivity contribution in [2.24, 2.45) is 0 Å². The van der Waals surface area contributed by atoms with Crippen LogP contribution in [0.2, 0.25) is 0 Å². The number of aryl methyl sites for hydroxylation is 1. The van der Waals surface area contributed by atoms with Gasteiger partial charge in [0.15, 0.2) is 0 Å². The Morgan fingerprint density at radius 1 is 1.07 bits per heavy atom. The van der Waals surface area contributed by atoms with Crippen molar-refractivity contribution in [2.75, 3.05) is 43.6 Å². The number of aromatic nitrogens is 3. The normalized spacial score (nSPS) is 15.8. The summed E-state index contributed by atoms with van der Waals surface area (Å²) in [5.41, 5.74) is 6.09. The first-order valence-electron chi connectivity index (χ1n) is 13.5. The molecule has 12 heteroatoms. The Balaban J connectivity index is 1.20. The smallest absolute Gasteiger partial charge is 0.265 e. The van der Waals surface area contributed by atoms with Crippen LogP contribution in [0.5, 0.6) is 0 Å². The van der Waals surface area contributed by atoms with E-state index in [0.29, 0.717) is 31.1 Å². The van der Waals surface area contributed by atoms with E-state index in [1.807, 2.05) is 55.5 Å². The molecule has 218 valence electrons.